The van der Waals surface area contributed by atoms with Crippen molar-refractivity contribution in [3.63, 3.8) is 0 Å². The molecule has 1 aromatic carbocycles. The van der Waals surface area contributed by atoms with Gasteiger partial charge in [0.15, 0.2) is 5.82 Å². The summed E-state index contributed by atoms with van der Waals surface area (Å²) in [5.74, 6) is 1.03. The highest BCUT2D eigenvalue weighted by Crippen LogP contribution is 2.21. The van der Waals surface area contributed by atoms with Crippen molar-refractivity contribution in [2.24, 2.45) is 0 Å². The molecule has 0 bridgehead atoms. The number of rotatable bonds is 3. The number of ether oxygens (including phenoxy) is 1. The Morgan fingerprint density at radius 2 is 2.12 bits per heavy atom. The van der Waals surface area contributed by atoms with E-state index < -0.39 is 0 Å². The van der Waals surface area contributed by atoms with Crippen LogP contribution in [-0.2, 0) is 11.3 Å². The van der Waals surface area contributed by atoms with Crippen LogP contribution in [0.25, 0.3) is 11.4 Å². The molecule has 5 nitrogen and oxygen atoms in total. The molecule has 0 saturated carbocycles. The lowest BCUT2D eigenvalue weighted by molar-refractivity contribution is 0.181. The Morgan fingerprint density at radius 3 is 2.82 bits per heavy atom. The fourth-order valence-electron chi connectivity index (χ4n) is 1.51. The van der Waals surface area contributed by atoms with Crippen molar-refractivity contribution >= 4 is 5.82 Å². The summed E-state index contributed by atoms with van der Waals surface area (Å²) in [4.78, 5) is 8.43. The van der Waals surface area contributed by atoms with Crippen LogP contribution in [-0.4, -0.2) is 22.2 Å². The van der Waals surface area contributed by atoms with Crippen molar-refractivity contribution in [3.05, 3.63) is 36.0 Å². The summed E-state index contributed by atoms with van der Waals surface area (Å²) in [5, 5.41) is 9.40. The molecule has 1 aromatic heterocycles. The van der Waals surface area contributed by atoms with Gasteiger partial charge in [0.25, 0.3) is 0 Å². The molecule has 2 rings (SSSR count). The van der Waals surface area contributed by atoms with E-state index >= 15 is 0 Å². The molecule has 0 amide bonds. The van der Waals surface area contributed by atoms with Crippen LogP contribution < -0.4 is 5.73 Å². The van der Waals surface area contributed by atoms with Crippen LogP contribution in [0.2, 0.25) is 0 Å². The van der Waals surface area contributed by atoms with Crippen LogP contribution in [0, 0.1) is 0 Å². The second-order valence-corrected chi connectivity index (χ2v) is 3.59. The third-order valence-electron chi connectivity index (χ3n) is 2.20. The first-order chi connectivity index (χ1) is 8.19. The topological polar surface area (TPSA) is 81.3 Å². The van der Waals surface area contributed by atoms with Gasteiger partial charge in [0, 0.05) is 18.7 Å². The molecule has 0 radical (unpaired) electrons. The monoisotopic (exact) mass is 231 g/mol. The molecule has 2 aromatic rings. The lowest BCUT2D eigenvalue weighted by atomic mass is 10.2. The molecule has 17 heavy (non-hydrogen) atoms. The first-order valence-electron chi connectivity index (χ1n) is 5.11. The van der Waals surface area contributed by atoms with Crippen molar-refractivity contribution in [2.45, 2.75) is 6.61 Å². The zero-order valence-corrected chi connectivity index (χ0v) is 9.42. The van der Waals surface area contributed by atoms with Gasteiger partial charge in [0.2, 0.25) is 0 Å². The van der Waals surface area contributed by atoms with Gasteiger partial charge in [0.1, 0.15) is 11.6 Å². The molecule has 0 aliphatic carbocycles. The second kappa shape index (κ2) is 4.80. The van der Waals surface area contributed by atoms with Crippen LogP contribution in [0.15, 0.2) is 30.3 Å². The first-order valence-corrected chi connectivity index (χ1v) is 5.11. The largest absolute Gasteiger partial charge is 0.508 e. The average Bonchev–Trinajstić information content (AvgIpc) is 2.28. The number of anilines is 1. The van der Waals surface area contributed by atoms with Gasteiger partial charge in [-0.2, -0.15) is 0 Å². The summed E-state index contributed by atoms with van der Waals surface area (Å²) in [6.07, 6.45) is 0. The quantitative estimate of drug-likeness (QED) is 0.838. The van der Waals surface area contributed by atoms with Crippen LogP contribution >= 0.6 is 0 Å². The third kappa shape index (κ3) is 2.70. The maximum absolute atomic E-state index is 9.40. The van der Waals surface area contributed by atoms with Crippen molar-refractivity contribution in [3.8, 4) is 17.1 Å². The SMILES string of the molecule is COCc1cc(N)nc(-c2cccc(O)c2)n1. The lowest BCUT2D eigenvalue weighted by Gasteiger charge is -2.05. The van der Waals surface area contributed by atoms with Crippen LogP contribution in [0.1, 0.15) is 5.69 Å². The van der Waals surface area contributed by atoms with E-state index in [1.165, 1.54) is 0 Å². The van der Waals surface area contributed by atoms with Crippen LogP contribution in [0.3, 0.4) is 0 Å². The van der Waals surface area contributed by atoms with Crippen LogP contribution in [0.4, 0.5) is 5.82 Å². The second-order valence-electron chi connectivity index (χ2n) is 3.59. The maximum Gasteiger partial charge on any atom is 0.161 e. The lowest BCUT2D eigenvalue weighted by Crippen LogP contribution is -2.01. The minimum absolute atomic E-state index is 0.168. The number of benzene rings is 1. The molecule has 1 heterocycles. The van der Waals surface area contributed by atoms with Gasteiger partial charge in [-0.3, -0.25) is 0 Å². The van der Waals surface area contributed by atoms with Crippen molar-refractivity contribution < 1.29 is 9.84 Å². The predicted molar refractivity (Wildman–Crippen MR) is 64.3 cm³/mol. The zero-order chi connectivity index (χ0) is 12.3. The fourth-order valence-corrected chi connectivity index (χ4v) is 1.51. The number of phenolic OH excluding ortho intramolecular Hbond substituents is 1. The molecule has 0 atom stereocenters. The van der Waals surface area contributed by atoms with Gasteiger partial charge in [0.05, 0.1) is 12.3 Å². The molecular formula is C12H13N3O2. The Labute approximate surface area is 98.9 Å². The smallest absolute Gasteiger partial charge is 0.161 e. The van der Waals surface area contributed by atoms with Gasteiger partial charge in [-0.15, -0.1) is 0 Å². The number of methoxy groups -OCH3 is 1. The van der Waals surface area contributed by atoms with Gasteiger partial charge >= 0.3 is 0 Å². The molecule has 88 valence electrons. The molecule has 0 spiro atoms. The molecule has 0 unspecified atom stereocenters. The van der Waals surface area contributed by atoms with Crippen molar-refractivity contribution in [2.75, 3.05) is 12.8 Å². The van der Waals surface area contributed by atoms with E-state index in [4.69, 9.17) is 10.5 Å². The Bertz CT molecular complexity index is 529. The standard InChI is InChI=1S/C12H13N3O2/c1-17-7-9-6-11(13)15-12(14-9)8-3-2-4-10(16)5-8/h2-6,16H,7H2,1H3,(H2,13,14,15). The summed E-state index contributed by atoms with van der Waals surface area (Å²) in [6.45, 7) is 0.374. The minimum atomic E-state index is 0.168. The number of nitrogens with two attached hydrogens (primary N) is 1. The van der Waals surface area contributed by atoms with Gasteiger partial charge in [-0.05, 0) is 12.1 Å². The summed E-state index contributed by atoms with van der Waals surface area (Å²) in [5.41, 5.74) is 7.12. The number of hydrogen-bond acceptors (Lipinski definition) is 5. The highest BCUT2D eigenvalue weighted by atomic mass is 16.5. The van der Waals surface area contributed by atoms with Crippen molar-refractivity contribution in [1.82, 2.24) is 9.97 Å². The highest BCUT2D eigenvalue weighted by Gasteiger charge is 2.06. The molecule has 0 aliphatic rings. The molecular weight excluding hydrogens is 218 g/mol. The Kier molecular flexibility index (Phi) is 3.20. The summed E-state index contributed by atoms with van der Waals surface area (Å²) in [6, 6.07) is 8.38. The van der Waals surface area contributed by atoms with E-state index in [1.54, 1.807) is 31.4 Å². The third-order valence-corrected chi connectivity index (χ3v) is 2.20. The molecule has 5 heteroatoms. The van der Waals surface area contributed by atoms with E-state index in [2.05, 4.69) is 9.97 Å². The highest BCUT2D eigenvalue weighted by molar-refractivity contribution is 5.59. The van der Waals surface area contributed by atoms with Crippen molar-refractivity contribution in [1.29, 1.82) is 0 Å². The molecule has 0 fully saturated rings. The number of nitrogen functional groups attached to an aromatic ring is 1. The first kappa shape index (κ1) is 11.3. The molecule has 0 aliphatic heterocycles. The van der Waals surface area contributed by atoms with E-state index in [1.807, 2.05) is 6.07 Å². The van der Waals surface area contributed by atoms with E-state index in [0.29, 0.717) is 23.9 Å². The number of aromatic nitrogens is 2. The van der Waals surface area contributed by atoms with Gasteiger partial charge in [-0.25, -0.2) is 9.97 Å². The Hall–Kier alpha value is -2.14. The van der Waals surface area contributed by atoms with Gasteiger partial charge in [-0.1, -0.05) is 12.1 Å². The van der Waals surface area contributed by atoms with E-state index in [9.17, 15) is 5.11 Å². The van der Waals surface area contributed by atoms with Crippen LogP contribution in [0.5, 0.6) is 5.75 Å². The number of nitrogens with zero attached hydrogens (tertiary/aromatic N) is 2. The number of hydrogen-bond donors (Lipinski definition) is 2. The fraction of sp³-hybridized carbons (Fsp3) is 0.167. The van der Waals surface area contributed by atoms with E-state index in [-0.39, 0.29) is 5.75 Å². The minimum Gasteiger partial charge on any atom is -0.508 e. The summed E-state index contributed by atoms with van der Waals surface area (Å²) >= 11 is 0. The summed E-state index contributed by atoms with van der Waals surface area (Å²) in [7, 11) is 1.59. The average molecular weight is 231 g/mol. The predicted octanol–water partition coefficient (Wildman–Crippen LogP) is 1.58. The number of phenols is 1. The van der Waals surface area contributed by atoms with Gasteiger partial charge < -0.3 is 15.6 Å². The molecule has 3 N–H and O–H groups in total. The zero-order valence-electron chi connectivity index (χ0n) is 9.42. The summed E-state index contributed by atoms with van der Waals surface area (Å²) < 4.78 is 5.00. The maximum atomic E-state index is 9.40. The normalized spacial score (nSPS) is 10.4. The van der Waals surface area contributed by atoms with E-state index in [0.717, 1.165) is 5.56 Å². The number of aromatic hydroxyl groups is 1. The molecule has 0 saturated heterocycles. The Morgan fingerprint density at radius 1 is 1.29 bits per heavy atom. The Balaban J connectivity index is 2.44.